The maximum Gasteiger partial charge on any atom is 0.324 e. The normalized spacial score (nSPS) is 25.2. The minimum atomic E-state index is -1.01. The number of nitrogens with zero attached hydrogens (tertiary/aromatic N) is 6. The van der Waals surface area contributed by atoms with Crippen molar-refractivity contribution in [3.05, 3.63) is 58.2 Å². The van der Waals surface area contributed by atoms with Gasteiger partial charge < -0.3 is 38.5 Å². The number of esters is 1. The fraction of sp³-hybridized carbons (Fsp3) is 0.604. The van der Waals surface area contributed by atoms with E-state index in [0.29, 0.717) is 90.0 Å². The van der Waals surface area contributed by atoms with Gasteiger partial charge in [-0.1, -0.05) is 19.9 Å². The molecule has 0 saturated carbocycles. The summed E-state index contributed by atoms with van der Waals surface area (Å²) in [5, 5.41) is 8.52. The molecule has 1 aromatic carbocycles. The maximum absolute atomic E-state index is 15.0. The van der Waals surface area contributed by atoms with Crippen LogP contribution in [0.3, 0.4) is 0 Å². The van der Waals surface area contributed by atoms with Gasteiger partial charge in [-0.15, -0.1) is 11.3 Å². The van der Waals surface area contributed by atoms with Crippen LogP contribution in [0.1, 0.15) is 88.2 Å². The van der Waals surface area contributed by atoms with Gasteiger partial charge in [0.1, 0.15) is 17.1 Å². The first-order valence-corrected chi connectivity index (χ1v) is 24.3. The molecule has 6 bridgehead atoms. The number of urea groups is 1. The molecule has 5 atom stereocenters. The second-order valence-electron chi connectivity index (χ2n) is 18.9. The van der Waals surface area contributed by atoms with Crippen LogP contribution in [-0.2, 0) is 46.2 Å². The van der Waals surface area contributed by atoms with Crippen molar-refractivity contribution in [2.24, 2.45) is 5.41 Å². The number of likely N-dealkylation sites (tertiary alicyclic amines) is 1. The first-order chi connectivity index (χ1) is 31.5. The van der Waals surface area contributed by atoms with Crippen LogP contribution in [0.5, 0.6) is 0 Å². The predicted molar refractivity (Wildman–Crippen MR) is 246 cm³/mol. The number of benzene rings is 1. The summed E-state index contributed by atoms with van der Waals surface area (Å²) in [6, 6.07) is 8.03. The number of carbonyl (C=O) groups is 3. The highest BCUT2D eigenvalue weighted by atomic mass is 32.1. The first-order valence-electron chi connectivity index (χ1n) is 23.4. The fourth-order valence-electron chi connectivity index (χ4n) is 9.92. The van der Waals surface area contributed by atoms with Gasteiger partial charge in [0.25, 0.3) is 5.91 Å². The van der Waals surface area contributed by atoms with Crippen molar-refractivity contribution in [2.45, 2.75) is 109 Å². The molecule has 2 N–H and O–H groups in total. The van der Waals surface area contributed by atoms with Crippen LogP contribution in [0.25, 0.3) is 33.4 Å². The summed E-state index contributed by atoms with van der Waals surface area (Å²) < 4.78 is 32.4. The third-order valence-electron chi connectivity index (χ3n) is 13.8. The number of hydrogen-bond donors (Lipinski definition) is 2. The van der Waals surface area contributed by atoms with E-state index in [2.05, 4.69) is 63.7 Å². The molecule has 9 rings (SSSR count). The van der Waals surface area contributed by atoms with Crippen molar-refractivity contribution < 1.29 is 38.1 Å². The van der Waals surface area contributed by atoms with E-state index in [1.54, 1.807) is 12.0 Å². The topological polar surface area (TPSA) is 162 Å². The number of methoxy groups -OCH3 is 1. The van der Waals surface area contributed by atoms with Crippen LogP contribution >= 0.6 is 11.3 Å². The lowest BCUT2D eigenvalue weighted by Crippen LogP contribution is -2.65. The Hall–Kier alpha value is -4.49. The van der Waals surface area contributed by atoms with Gasteiger partial charge in [-0.05, 0) is 82.2 Å². The number of morpholine rings is 1. The van der Waals surface area contributed by atoms with Crippen molar-refractivity contribution in [3.63, 3.8) is 0 Å². The number of pyridine rings is 1. The quantitative estimate of drug-likeness (QED) is 0.192. The standard InChI is InChI=1S/C48H64N8O8S/c1-30-12-17-54(30)47(59)51-41-43(53-18-23-62-24-19-53)44-50-38(28-65-44)32-10-11-39-35(26-32)36(27-48(3,4)29-64-46(58)37-9-7-16-56(52-37)45(41)57)42(34-8-6-15-49-40(34)31(2)60-5)55(39)20-25-63-33-13-21-61-22-14-33/h6,8,10-11,15,26,28,30-31,33,37,41,43,52H,7,9,12-14,16-25,27,29H2,1-5H3,(H,51,59)/t30-,31+,37+,41+,43+/m1/s1. The number of hydrogen-bond acceptors (Lipinski definition) is 13. The largest absolute Gasteiger partial charge is 0.464 e. The SMILES string of the molecule is CO[C@@H](C)c1ncccc1-c1c2c3cc(ccc3n1CCOC1CCOCC1)-c1csc(n1)[C@@H](N1CCOCC1)[C@H](NC(=O)N1CC[C@H]1C)C(=O)N1CCC[C@H](N1)C(=O)OCC(C)(C)C2. The van der Waals surface area contributed by atoms with E-state index in [4.69, 9.17) is 33.7 Å². The summed E-state index contributed by atoms with van der Waals surface area (Å²) in [6.07, 6.45) is 5.97. The lowest BCUT2D eigenvalue weighted by Gasteiger charge is -2.43. The van der Waals surface area contributed by atoms with Crippen LogP contribution in [0.4, 0.5) is 4.79 Å². The van der Waals surface area contributed by atoms with Gasteiger partial charge >= 0.3 is 12.0 Å². The van der Waals surface area contributed by atoms with Gasteiger partial charge in [0.15, 0.2) is 0 Å². The zero-order chi connectivity index (χ0) is 45.2. The Balaban J connectivity index is 1.20. The van der Waals surface area contributed by atoms with E-state index in [1.165, 1.54) is 16.3 Å². The average molecular weight is 913 g/mol. The molecule has 0 spiro atoms. The maximum atomic E-state index is 15.0. The van der Waals surface area contributed by atoms with Crippen molar-refractivity contribution in [1.29, 1.82) is 0 Å². The van der Waals surface area contributed by atoms with Gasteiger partial charge in [0.2, 0.25) is 0 Å². The predicted octanol–water partition coefficient (Wildman–Crippen LogP) is 5.90. The van der Waals surface area contributed by atoms with Crippen LogP contribution in [0, 0.1) is 5.41 Å². The number of ether oxygens (including phenoxy) is 5. The Morgan fingerprint density at radius 3 is 2.60 bits per heavy atom. The van der Waals surface area contributed by atoms with Crippen LogP contribution in [-0.4, -0.2) is 144 Å². The molecule has 3 amide bonds. The van der Waals surface area contributed by atoms with E-state index in [-0.39, 0.29) is 36.8 Å². The van der Waals surface area contributed by atoms with E-state index in [1.807, 2.05) is 26.1 Å². The summed E-state index contributed by atoms with van der Waals surface area (Å²) >= 11 is 1.49. The number of nitrogens with one attached hydrogen (secondary N) is 2. The highest BCUT2D eigenvalue weighted by Crippen LogP contribution is 2.43. The number of fused-ring (bicyclic) bond motifs is 6. The summed E-state index contributed by atoms with van der Waals surface area (Å²) in [4.78, 5) is 57.3. The molecule has 5 aliphatic rings. The molecule has 65 heavy (non-hydrogen) atoms. The lowest BCUT2D eigenvalue weighted by atomic mass is 9.84. The van der Waals surface area contributed by atoms with Gasteiger partial charge in [-0.2, -0.15) is 0 Å². The molecule has 4 aromatic rings. The monoisotopic (exact) mass is 912 g/mol. The number of carbonyl (C=O) groups excluding carboxylic acids is 3. The molecule has 17 heteroatoms. The summed E-state index contributed by atoms with van der Waals surface area (Å²) in [6.45, 7) is 14.0. The average Bonchev–Trinajstić information content (AvgIpc) is 3.92. The first kappa shape index (κ1) is 45.7. The molecule has 0 aliphatic carbocycles. The van der Waals surface area contributed by atoms with E-state index >= 15 is 0 Å². The molecule has 350 valence electrons. The van der Waals surface area contributed by atoms with Crippen molar-refractivity contribution >= 4 is 40.1 Å². The van der Waals surface area contributed by atoms with Crippen LogP contribution in [0.15, 0.2) is 41.9 Å². The highest BCUT2D eigenvalue weighted by molar-refractivity contribution is 7.10. The molecule has 4 fully saturated rings. The third-order valence-corrected chi connectivity index (χ3v) is 14.7. The molecule has 0 unspecified atom stereocenters. The molecule has 0 radical (unpaired) electrons. The second kappa shape index (κ2) is 19.8. The second-order valence-corrected chi connectivity index (χ2v) is 19.8. The van der Waals surface area contributed by atoms with Crippen molar-refractivity contribution in [3.8, 4) is 22.5 Å². The Kier molecular flexibility index (Phi) is 13.9. The van der Waals surface area contributed by atoms with Crippen LogP contribution in [0.2, 0.25) is 0 Å². The molecule has 4 saturated heterocycles. The molecular weight excluding hydrogens is 849 g/mol. The molecule has 8 heterocycles. The number of hydrazine groups is 1. The summed E-state index contributed by atoms with van der Waals surface area (Å²) in [5.74, 6) is -0.739. The molecule has 16 nitrogen and oxygen atoms in total. The summed E-state index contributed by atoms with van der Waals surface area (Å²) in [5.41, 5.74) is 9.39. The van der Waals surface area contributed by atoms with Gasteiger partial charge in [-0.25, -0.2) is 15.2 Å². The smallest absolute Gasteiger partial charge is 0.324 e. The van der Waals surface area contributed by atoms with Crippen molar-refractivity contribution in [2.75, 3.05) is 72.9 Å². The third kappa shape index (κ3) is 9.69. The number of rotatable bonds is 9. The number of cyclic esters (lactones) is 1. The number of thiazole rings is 1. The summed E-state index contributed by atoms with van der Waals surface area (Å²) in [7, 11) is 1.70. The van der Waals surface area contributed by atoms with Crippen molar-refractivity contribution in [1.82, 2.24) is 40.1 Å². The van der Waals surface area contributed by atoms with Gasteiger partial charge in [-0.3, -0.25) is 24.5 Å². The number of aromatic nitrogens is 3. The zero-order valence-corrected chi connectivity index (χ0v) is 39.2. The Bertz CT molecular complexity index is 2340. The fourth-order valence-corrected chi connectivity index (χ4v) is 10.9. The zero-order valence-electron chi connectivity index (χ0n) is 38.4. The minimum absolute atomic E-state index is 0.0666. The minimum Gasteiger partial charge on any atom is -0.464 e. The molecule has 3 aromatic heterocycles. The Morgan fingerprint density at radius 2 is 1.85 bits per heavy atom. The van der Waals surface area contributed by atoms with Gasteiger partial charge in [0.05, 0.1) is 61.8 Å². The van der Waals surface area contributed by atoms with Gasteiger partial charge in [0, 0.05) is 98.1 Å². The molecular formula is C48H64N8O8S. The van der Waals surface area contributed by atoms with E-state index < -0.39 is 29.5 Å². The van der Waals surface area contributed by atoms with Crippen LogP contribution < -0.4 is 10.7 Å². The Morgan fingerprint density at radius 1 is 1.05 bits per heavy atom. The molecule has 5 aliphatic heterocycles. The Labute approximate surface area is 385 Å². The highest BCUT2D eigenvalue weighted by Gasteiger charge is 2.44. The lowest BCUT2D eigenvalue weighted by molar-refractivity contribution is -0.155. The van der Waals surface area contributed by atoms with E-state index in [9.17, 15) is 14.4 Å². The van der Waals surface area contributed by atoms with E-state index in [0.717, 1.165) is 63.9 Å². The number of amides is 3.